The fraction of sp³-hybridized carbons (Fsp3) is 1.00. The van der Waals surface area contributed by atoms with E-state index in [1.807, 2.05) is 0 Å². The van der Waals surface area contributed by atoms with Gasteiger partial charge in [-0.2, -0.15) is 0 Å². The van der Waals surface area contributed by atoms with E-state index in [-0.39, 0.29) is 0 Å². The lowest BCUT2D eigenvalue weighted by atomic mass is 9.93. The third-order valence-corrected chi connectivity index (χ3v) is 4.00. The highest BCUT2D eigenvalue weighted by molar-refractivity contribution is 4.97. The van der Waals surface area contributed by atoms with Crippen molar-refractivity contribution in [2.45, 2.75) is 53.1 Å². The van der Waals surface area contributed by atoms with Gasteiger partial charge in [-0.1, -0.05) is 13.8 Å². The summed E-state index contributed by atoms with van der Waals surface area (Å²) in [6, 6.07) is 0. The van der Waals surface area contributed by atoms with Crippen molar-refractivity contribution in [3.8, 4) is 0 Å². The molecule has 0 amide bonds. The van der Waals surface area contributed by atoms with E-state index in [4.69, 9.17) is 4.74 Å². The Balaban J connectivity index is 1.77. The minimum Gasteiger partial charge on any atom is -0.378 e. The normalized spacial score (nSPS) is 27.6. The van der Waals surface area contributed by atoms with E-state index in [2.05, 4.69) is 32.6 Å². The summed E-state index contributed by atoms with van der Waals surface area (Å²) in [7, 11) is 0. The van der Waals surface area contributed by atoms with Gasteiger partial charge in [0.15, 0.2) is 0 Å². The van der Waals surface area contributed by atoms with Crippen molar-refractivity contribution in [1.82, 2.24) is 4.90 Å². The topological polar surface area (TPSA) is 12.5 Å². The maximum Gasteiger partial charge on any atom is 0.0538 e. The van der Waals surface area contributed by atoms with E-state index in [1.165, 1.54) is 38.9 Å². The third-order valence-electron chi connectivity index (χ3n) is 4.00. The van der Waals surface area contributed by atoms with Crippen LogP contribution in [-0.4, -0.2) is 37.2 Å². The molecule has 0 aromatic heterocycles. The molecule has 2 aliphatic rings. The highest BCUT2D eigenvalue weighted by Crippen LogP contribution is 2.47. The molecular formula is C14H27NO. The number of nitrogens with zero attached hydrogens (tertiary/aromatic N) is 1. The van der Waals surface area contributed by atoms with Crippen LogP contribution in [0.5, 0.6) is 0 Å². The molecule has 2 heteroatoms. The van der Waals surface area contributed by atoms with E-state index >= 15 is 0 Å². The number of hydrogen-bond acceptors (Lipinski definition) is 2. The fourth-order valence-electron chi connectivity index (χ4n) is 2.70. The summed E-state index contributed by atoms with van der Waals surface area (Å²) in [5.74, 6) is 0. The van der Waals surface area contributed by atoms with Crippen LogP contribution in [0.25, 0.3) is 0 Å². The molecule has 0 spiro atoms. The molecule has 1 saturated heterocycles. The first-order valence-corrected chi connectivity index (χ1v) is 6.75. The maximum absolute atomic E-state index is 5.80. The number of hydrogen-bond donors (Lipinski definition) is 0. The Bertz CT molecular complexity index is 243. The zero-order valence-electron chi connectivity index (χ0n) is 11.4. The summed E-state index contributed by atoms with van der Waals surface area (Å²) in [4.78, 5) is 2.65. The lowest BCUT2D eigenvalue weighted by Gasteiger charge is -2.25. The molecule has 0 N–H and O–H groups in total. The van der Waals surface area contributed by atoms with E-state index in [0.717, 1.165) is 6.61 Å². The average molecular weight is 225 g/mol. The van der Waals surface area contributed by atoms with Gasteiger partial charge in [0.2, 0.25) is 0 Å². The minimum atomic E-state index is 0.382. The molecule has 94 valence electrons. The molecular weight excluding hydrogens is 198 g/mol. The van der Waals surface area contributed by atoms with Gasteiger partial charge < -0.3 is 9.64 Å². The predicted octanol–water partition coefficient (Wildman–Crippen LogP) is 2.92. The predicted molar refractivity (Wildman–Crippen MR) is 67.6 cm³/mol. The van der Waals surface area contributed by atoms with Gasteiger partial charge in [-0.3, -0.25) is 0 Å². The van der Waals surface area contributed by atoms with Crippen LogP contribution in [0, 0.1) is 10.8 Å². The second kappa shape index (κ2) is 4.30. The Kier molecular flexibility index (Phi) is 3.33. The van der Waals surface area contributed by atoms with Crippen molar-refractivity contribution in [2.75, 3.05) is 26.2 Å². The molecule has 2 fully saturated rings. The zero-order valence-corrected chi connectivity index (χ0v) is 11.4. The molecule has 2 rings (SSSR count). The molecule has 0 bridgehead atoms. The Labute approximate surface area is 100 Å². The van der Waals surface area contributed by atoms with Crippen LogP contribution in [0.15, 0.2) is 0 Å². The van der Waals surface area contributed by atoms with E-state index in [0.29, 0.717) is 16.9 Å². The van der Waals surface area contributed by atoms with Gasteiger partial charge in [0.25, 0.3) is 0 Å². The SMILES string of the molecule is CC(C)OCC1(CN2CCC(C)(C)C2)CC1. The molecule has 0 unspecified atom stereocenters. The molecule has 0 atom stereocenters. The van der Waals surface area contributed by atoms with Crippen LogP contribution in [0.2, 0.25) is 0 Å². The largest absolute Gasteiger partial charge is 0.378 e. The molecule has 0 radical (unpaired) electrons. The number of ether oxygens (including phenoxy) is 1. The van der Waals surface area contributed by atoms with E-state index in [1.54, 1.807) is 0 Å². The van der Waals surface area contributed by atoms with Crippen LogP contribution < -0.4 is 0 Å². The third kappa shape index (κ3) is 3.21. The Morgan fingerprint density at radius 2 is 1.88 bits per heavy atom. The first-order chi connectivity index (χ1) is 7.41. The molecule has 1 aliphatic carbocycles. The van der Waals surface area contributed by atoms with Gasteiger partial charge in [-0.25, -0.2) is 0 Å². The van der Waals surface area contributed by atoms with Crippen molar-refractivity contribution < 1.29 is 4.74 Å². The number of likely N-dealkylation sites (tertiary alicyclic amines) is 1. The maximum atomic E-state index is 5.80. The van der Waals surface area contributed by atoms with Crippen molar-refractivity contribution in [3.05, 3.63) is 0 Å². The molecule has 0 aromatic carbocycles. The summed E-state index contributed by atoms with van der Waals surface area (Å²) >= 11 is 0. The van der Waals surface area contributed by atoms with Crippen LogP contribution in [0.4, 0.5) is 0 Å². The first kappa shape index (κ1) is 12.4. The highest BCUT2D eigenvalue weighted by atomic mass is 16.5. The summed E-state index contributed by atoms with van der Waals surface area (Å²) < 4.78 is 5.80. The van der Waals surface area contributed by atoms with Gasteiger partial charge in [-0.15, -0.1) is 0 Å². The molecule has 16 heavy (non-hydrogen) atoms. The number of rotatable bonds is 5. The quantitative estimate of drug-likeness (QED) is 0.713. The van der Waals surface area contributed by atoms with Crippen molar-refractivity contribution in [3.63, 3.8) is 0 Å². The average Bonchev–Trinajstić information content (AvgIpc) is 2.84. The van der Waals surface area contributed by atoms with Gasteiger partial charge in [-0.05, 0) is 45.1 Å². The molecule has 2 nitrogen and oxygen atoms in total. The standard InChI is InChI=1S/C14H27NO/c1-12(2)16-11-14(5-6-14)10-15-8-7-13(3,4)9-15/h12H,5-11H2,1-4H3. The van der Waals surface area contributed by atoms with Crippen molar-refractivity contribution >= 4 is 0 Å². The highest BCUT2D eigenvalue weighted by Gasteiger charge is 2.45. The lowest BCUT2D eigenvalue weighted by Crippen LogP contribution is -2.32. The van der Waals surface area contributed by atoms with E-state index < -0.39 is 0 Å². The van der Waals surface area contributed by atoms with Crippen LogP contribution in [-0.2, 0) is 4.74 Å². The Morgan fingerprint density at radius 3 is 2.31 bits per heavy atom. The lowest BCUT2D eigenvalue weighted by molar-refractivity contribution is 0.0326. The Hall–Kier alpha value is -0.0800. The van der Waals surface area contributed by atoms with Crippen molar-refractivity contribution in [2.24, 2.45) is 10.8 Å². The molecule has 0 aromatic rings. The van der Waals surface area contributed by atoms with Crippen LogP contribution >= 0.6 is 0 Å². The van der Waals surface area contributed by atoms with Gasteiger partial charge in [0.05, 0.1) is 12.7 Å². The summed E-state index contributed by atoms with van der Waals surface area (Å²) in [6.45, 7) is 13.8. The van der Waals surface area contributed by atoms with E-state index in [9.17, 15) is 0 Å². The molecule has 1 saturated carbocycles. The summed E-state index contributed by atoms with van der Waals surface area (Å²) in [5.41, 5.74) is 1.06. The first-order valence-electron chi connectivity index (χ1n) is 6.75. The van der Waals surface area contributed by atoms with Gasteiger partial charge in [0.1, 0.15) is 0 Å². The molecule has 1 aliphatic heterocycles. The summed E-state index contributed by atoms with van der Waals surface area (Å²) in [5, 5.41) is 0. The second-order valence-corrected chi connectivity index (χ2v) is 6.98. The second-order valence-electron chi connectivity index (χ2n) is 6.98. The van der Waals surface area contributed by atoms with Gasteiger partial charge in [0, 0.05) is 18.5 Å². The zero-order chi connectivity index (χ0) is 11.8. The van der Waals surface area contributed by atoms with Gasteiger partial charge >= 0.3 is 0 Å². The van der Waals surface area contributed by atoms with Crippen LogP contribution in [0.1, 0.15) is 47.0 Å². The Morgan fingerprint density at radius 1 is 1.19 bits per heavy atom. The van der Waals surface area contributed by atoms with Crippen LogP contribution in [0.3, 0.4) is 0 Å². The minimum absolute atomic E-state index is 0.382. The fourth-order valence-corrected chi connectivity index (χ4v) is 2.70. The monoisotopic (exact) mass is 225 g/mol. The molecule has 1 heterocycles. The van der Waals surface area contributed by atoms with Crippen molar-refractivity contribution in [1.29, 1.82) is 0 Å². The summed E-state index contributed by atoms with van der Waals surface area (Å²) in [6.07, 6.45) is 4.48. The smallest absolute Gasteiger partial charge is 0.0538 e.